The Morgan fingerprint density at radius 1 is 1.23 bits per heavy atom. The van der Waals surface area contributed by atoms with Gasteiger partial charge in [-0.1, -0.05) is 12.2 Å². The van der Waals surface area contributed by atoms with Gasteiger partial charge in [0.15, 0.2) is 0 Å². The Hall–Kier alpha value is -2.51. The highest BCUT2D eigenvalue weighted by molar-refractivity contribution is 5.69. The number of carbonyl (C=O) groups excluding carboxylic acids is 1. The monoisotopic (exact) mass is 367 g/mol. The van der Waals surface area contributed by atoms with E-state index in [4.69, 9.17) is 4.74 Å². The number of nitrogens with zero attached hydrogens (tertiary/aromatic N) is 3. The van der Waals surface area contributed by atoms with Gasteiger partial charge in [-0.2, -0.15) is 13.2 Å². The Balaban J connectivity index is 2.00. The molecule has 1 atom stereocenters. The fraction of sp³-hybridized carbons (Fsp3) is 0.444. The molecule has 3 heterocycles. The lowest BCUT2D eigenvalue weighted by molar-refractivity contribution is -0.137. The van der Waals surface area contributed by atoms with Gasteiger partial charge in [0, 0.05) is 12.7 Å². The van der Waals surface area contributed by atoms with Crippen LogP contribution in [0.5, 0.6) is 0 Å². The van der Waals surface area contributed by atoms with E-state index in [1.807, 2.05) is 12.2 Å². The van der Waals surface area contributed by atoms with Gasteiger partial charge < -0.3 is 9.14 Å². The van der Waals surface area contributed by atoms with Crippen molar-refractivity contribution in [3.63, 3.8) is 0 Å². The van der Waals surface area contributed by atoms with Gasteiger partial charge in [0.2, 0.25) is 0 Å². The van der Waals surface area contributed by atoms with Crippen LogP contribution >= 0.6 is 0 Å². The van der Waals surface area contributed by atoms with E-state index < -0.39 is 29.5 Å². The molecule has 0 fully saturated rings. The second kappa shape index (κ2) is 6.34. The quantitative estimate of drug-likeness (QED) is 0.693. The molecule has 1 aliphatic rings. The van der Waals surface area contributed by atoms with Crippen molar-refractivity contribution < 1.29 is 22.7 Å². The van der Waals surface area contributed by atoms with Gasteiger partial charge in [-0.25, -0.2) is 9.78 Å². The Kier molecular flexibility index (Phi) is 4.46. The van der Waals surface area contributed by atoms with Crippen LogP contribution in [0.25, 0.3) is 5.65 Å². The van der Waals surface area contributed by atoms with Crippen molar-refractivity contribution >= 4 is 11.7 Å². The third-order valence-corrected chi connectivity index (χ3v) is 4.04. The van der Waals surface area contributed by atoms with Crippen molar-refractivity contribution in [2.45, 2.75) is 45.0 Å². The minimum Gasteiger partial charge on any atom is -0.444 e. The minimum absolute atomic E-state index is 0.325. The molecule has 0 spiro atoms. The number of imidazole rings is 1. The Morgan fingerprint density at radius 2 is 1.96 bits per heavy atom. The summed E-state index contributed by atoms with van der Waals surface area (Å²) in [6.07, 6.45) is 1.79. The molecule has 5 nitrogen and oxygen atoms in total. The van der Waals surface area contributed by atoms with Crippen LogP contribution in [-0.4, -0.2) is 32.5 Å². The first-order valence-electron chi connectivity index (χ1n) is 8.25. The van der Waals surface area contributed by atoms with Crippen molar-refractivity contribution in [1.29, 1.82) is 0 Å². The molecular weight excluding hydrogens is 347 g/mol. The van der Waals surface area contributed by atoms with E-state index in [1.165, 1.54) is 21.6 Å². The van der Waals surface area contributed by atoms with Crippen LogP contribution in [0.3, 0.4) is 0 Å². The van der Waals surface area contributed by atoms with Gasteiger partial charge in [-0.3, -0.25) is 4.90 Å². The number of rotatable bonds is 1. The zero-order valence-corrected chi connectivity index (χ0v) is 14.7. The highest BCUT2D eigenvalue weighted by Gasteiger charge is 2.34. The minimum atomic E-state index is -4.45. The predicted molar refractivity (Wildman–Crippen MR) is 89.6 cm³/mol. The zero-order chi connectivity index (χ0) is 19.1. The summed E-state index contributed by atoms with van der Waals surface area (Å²) in [4.78, 5) is 18.2. The summed E-state index contributed by atoms with van der Waals surface area (Å²) >= 11 is 0. The molecule has 0 saturated heterocycles. The number of ether oxygens (including phenoxy) is 1. The van der Waals surface area contributed by atoms with Gasteiger partial charge >= 0.3 is 12.3 Å². The highest BCUT2D eigenvalue weighted by atomic mass is 19.4. The standard InChI is InChI=1S/C18H20F3N3O2/c1-17(2,3)26-16(25)23-9-5-4-6-13(23)14-10-22-15-8-7-12(11-24(14)15)18(19,20)21/h4-5,7-8,10-11,13H,6,9H2,1-3H3. The summed E-state index contributed by atoms with van der Waals surface area (Å²) in [5.74, 6) is 0. The Morgan fingerprint density at radius 3 is 2.62 bits per heavy atom. The number of hydrogen-bond acceptors (Lipinski definition) is 3. The van der Waals surface area contributed by atoms with E-state index in [1.54, 1.807) is 20.8 Å². The number of alkyl halides is 3. The maximum absolute atomic E-state index is 13.1. The summed E-state index contributed by atoms with van der Waals surface area (Å²) in [7, 11) is 0. The van der Waals surface area contributed by atoms with E-state index in [9.17, 15) is 18.0 Å². The van der Waals surface area contributed by atoms with Crippen molar-refractivity contribution in [3.05, 3.63) is 47.9 Å². The molecule has 1 amide bonds. The van der Waals surface area contributed by atoms with Crippen LogP contribution in [0.15, 0.2) is 36.7 Å². The molecule has 1 unspecified atom stereocenters. The number of hydrogen-bond donors (Lipinski definition) is 0. The van der Waals surface area contributed by atoms with Crippen LogP contribution in [0.1, 0.15) is 44.5 Å². The fourth-order valence-corrected chi connectivity index (χ4v) is 2.88. The first-order chi connectivity index (χ1) is 12.1. The summed E-state index contributed by atoms with van der Waals surface area (Å²) in [6, 6.07) is 1.87. The first kappa shape index (κ1) is 18.3. The van der Waals surface area contributed by atoms with Crippen LogP contribution in [0, 0.1) is 0 Å². The maximum Gasteiger partial charge on any atom is 0.417 e. The number of aromatic nitrogens is 2. The number of carbonyl (C=O) groups is 1. The summed E-state index contributed by atoms with van der Waals surface area (Å²) in [5.41, 5.74) is -0.515. The topological polar surface area (TPSA) is 46.8 Å². The second-order valence-electron chi connectivity index (χ2n) is 7.18. The van der Waals surface area contributed by atoms with E-state index >= 15 is 0 Å². The number of fused-ring (bicyclic) bond motifs is 1. The smallest absolute Gasteiger partial charge is 0.417 e. The van der Waals surface area contributed by atoms with E-state index in [2.05, 4.69) is 4.98 Å². The highest BCUT2D eigenvalue weighted by Crippen LogP contribution is 2.33. The summed E-state index contributed by atoms with van der Waals surface area (Å²) in [6.45, 7) is 5.63. The van der Waals surface area contributed by atoms with Crippen molar-refractivity contribution in [2.24, 2.45) is 0 Å². The van der Waals surface area contributed by atoms with E-state index in [-0.39, 0.29) is 0 Å². The van der Waals surface area contributed by atoms with Gasteiger partial charge in [0.1, 0.15) is 11.2 Å². The van der Waals surface area contributed by atoms with Crippen LogP contribution in [0.4, 0.5) is 18.0 Å². The largest absolute Gasteiger partial charge is 0.444 e. The summed E-state index contributed by atoms with van der Waals surface area (Å²) < 4.78 is 46.0. The molecule has 0 aliphatic carbocycles. The van der Waals surface area contributed by atoms with Crippen LogP contribution in [-0.2, 0) is 10.9 Å². The lowest BCUT2D eigenvalue weighted by Crippen LogP contribution is -2.41. The number of halogens is 3. The zero-order valence-electron chi connectivity index (χ0n) is 14.7. The average Bonchev–Trinajstić information content (AvgIpc) is 2.95. The Bertz CT molecular complexity index is 849. The van der Waals surface area contributed by atoms with Crippen LogP contribution in [0.2, 0.25) is 0 Å². The molecule has 0 N–H and O–H groups in total. The van der Waals surface area contributed by atoms with E-state index in [0.29, 0.717) is 24.3 Å². The first-order valence-corrected chi connectivity index (χ1v) is 8.25. The number of amides is 1. The predicted octanol–water partition coefficient (Wildman–Crippen LogP) is 4.59. The SMILES string of the molecule is CC(C)(C)OC(=O)N1CC=CCC1c1cnc2ccc(C(F)(F)F)cn12. The molecule has 8 heteroatoms. The van der Waals surface area contributed by atoms with Crippen molar-refractivity contribution in [3.8, 4) is 0 Å². The lowest BCUT2D eigenvalue weighted by atomic mass is 10.1. The van der Waals surface area contributed by atoms with Crippen molar-refractivity contribution in [1.82, 2.24) is 14.3 Å². The van der Waals surface area contributed by atoms with Gasteiger partial charge in [-0.15, -0.1) is 0 Å². The van der Waals surface area contributed by atoms with Gasteiger partial charge in [-0.05, 0) is 39.3 Å². The third kappa shape index (κ3) is 3.68. The molecule has 0 radical (unpaired) electrons. The number of pyridine rings is 1. The second-order valence-corrected chi connectivity index (χ2v) is 7.18. The molecule has 0 saturated carbocycles. The summed E-state index contributed by atoms with van der Waals surface area (Å²) in [5, 5.41) is 0. The molecule has 2 aromatic heterocycles. The van der Waals surface area contributed by atoms with Gasteiger partial charge in [0.05, 0.1) is 23.5 Å². The molecular formula is C18H20F3N3O2. The third-order valence-electron chi connectivity index (χ3n) is 4.04. The Labute approximate surface area is 149 Å². The molecule has 3 rings (SSSR count). The van der Waals surface area contributed by atoms with Crippen LogP contribution < -0.4 is 0 Å². The maximum atomic E-state index is 13.1. The van der Waals surface area contributed by atoms with Gasteiger partial charge in [0.25, 0.3) is 0 Å². The van der Waals surface area contributed by atoms with E-state index in [0.717, 1.165) is 12.3 Å². The molecule has 2 aromatic rings. The molecule has 0 bridgehead atoms. The molecule has 26 heavy (non-hydrogen) atoms. The lowest BCUT2D eigenvalue weighted by Gasteiger charge is -2.34. The molecule has 1 aliphatic heterocycles. The molecule has 0 aromatic carbocycles. The van der Waals surface area contributed by atoms with Crippen molar-refractivity contribution in [2.75, 3.05) is 6.54 Å². The average molecular weight is 367 g/mol. The molecule has 140 valence electrons. The normalized spacial score (nSPS) is 18.4. The fourth-order valence-electron chi connectivity index (χ4n) is 2.88.